The SMILES string of the molecule is CN=NC(C)(O)CC(C)(C)C.CNN=C(C)CC(C)(C)C. The van der Waals surface area contributed by atoms with Gasteiger partial charge in [-0.1, -0.05) is 41.5 Å². The lowest BCUT2D eigenvalue weighted by Gasteiger charge is -2.26. The van der Waals surface area contributed by atoms with Crippen molar-refractivity contribution in [3.8, 4) is 0 Å². The highest BCUT2D eigenvalue weighted by molar-refractivity contribution is 5.82. The molecule has 0 saturated heterocycles. The molecule has 0 spiro atoms. The van der Waals surface area contributed by atoms with Gasteiger partial charge in [0.1, 0.15) is 0 Å². The second-order valence-electron chi connectivity index (χ2n) is 8.06. The minimum atomic E-state index is -1.01. The first-order valence-corrected chi connectivity index (χ1v) is 7.46. The zero-order chi connectivity index (χ0) is 17.3. The van der Waals surface area contributed by atoms with Crippen molar-refractivity contribution in [2.75, 3.05) is 14.1 Å². The Labute approximate surface area is 131 Å². The third kappa shape index (κ3) is 19.0. The van der Waals surface area contributed by atoms with E-state index in [9.17, 15) is 5.11 Å². The van der Waals surface area contributed by atoms with Crippen LogP contribution in [0.1, 0.15) is 68.2 Å². The molecule has 2 N–H and O–H groups in total. The number of hydrogen-bond acceptors (Lipinski definition) is 5. The third-order valence-electron chi connectivity index (χ3n) is 2.27. The Morgan fingerprint density at radius 3 is 1.76 bits per heavy atom. The summed E-state index contributed by atoms with van der Waals surface area (Å²) in [5.41, 5.74) is 3.37. The molecule has 0 aliphatic carbocycles. The molecule has 1 atom stereocenters. The van der Waals surface area contributed by atoms with Crippen molar-refractivity contribution in [3.63, 3.8) is 0 Å². The van der Waals surface area contributed by atoms with Crippen LogP contribution in [0.2, 0.25) is 0 Å². The highest BCUT2D eigenvalue weighted by Crippen LogP contribution is 2.27. The number of azo groups is 1. The molecular weight excluding hydrogens is 264 g/mol. The average molecular weight is 300 g/mol. The molecule has 0 fully saturated rings. The van der Waals surface area contributed by atoms with Crippen LogP contribution < -0.4 is 5.43 Å². The van der Waals surface area contributed by atoms with E-state index >= 15 is 0 Å². The summed E-state index contributed by atoms with van der Waals surface area (Å²) in [4.78, 5) is 0. The first-order chi connectivity index (χ1) is 9.22. The largest absolute Gasteiger partial charge is 0.368 e. The Morgan fingerprint density at radius 1 is 1.00 bits per heavy atom. The molecule has 5 heteroatoms. The second kappa shape index (κ2) is 9.13. The lowest BCUT2D eigenvalue weighted by atomic mass is 9.87. The quantitative estimate of drug-likeness (QED) is 0.463. The molecule has 0 aliphatic heterocycles. The van der Waals surface area contributed by atoms with Crippen LogP contribution in [0.15, 0.2) is 15.3 Å². The van der Waals surface area contributed by atoms with Crippen LogP contribution in [-0.4, -0.2) is 30.6 Å². The van der Waals surface area contributed by atoms with Crippen LogP contribution >= 0.6 is 0 Å². The molecule has 1 unspecified atom stereocenters. The number of hydrazone groups is 1. The van der Waals surface area contributed by atoms with E-state index in [1.807, 2.05) is 14.0 Å². The summed E-state index contributed by atoms with van der Waals surface area (Å²) in [7, 11) is 3.39. The van der Waals surface area contributed by atoms with Crippen molar-refractivity contribution in [3.05, 3.63) is 0 Å². The van der Waals surface area contributed by atoms with E-state index in [-0.39, 0.29) is 5.41 Å². The monoisotopic (exact) mass is 300 g/mol. The second-order valence-corrected chi connectivity index (χ2v) is 8.06. The molecule has 0 aromatic heterocycles. The van der Waals surface area contributed by atoms with Gasteiger partial charge in [0.2, 0.25) is 0 Å². The molecule has 21 heavy (non-hydrogen) atoms. The van der Waals surface area contributed by atoms with Crippen molar-refractivity contribution in [1.82, 2.24) is 5.43 Å². The highest BCUT2D eigenvalue weighted by atomic mass is 16.3. The standard InChI is InChI=1S/C8H18N2O.C8H18N2/c1-7(2,3)6-8(4,11)10-9-5;1-7(10-9-5)6-8(2,3)4/h11H,6H2,1-5H3;9H,6H2,1-5H3. The summed E-state index contributed by atoms with van der Waals surface area (Å²) in [6.07, 6.45) is 1.67. The Hall–Kier alpha value is -0.970. The highest BCUT2D eigenvalue weighted by Gasteiger charge is 2.26. The molecule has 5 nitrogen and oxygen atoms in total. The summed E-state index contributed by atoms with van der Waals surface area (Å²) >= 11 is 0. The molecule has 0 radical (unpaired) electrons. The van der Waals surface area contributed by atoms with Crippen LogP contribution in [0.4, 0.5) is 0 Å². The normalized spacial score (nSPS) is 16.2. The smallest absolute Gasteiger partial charge is 0.173 e. The number of rotatable bonds is 4. The van der Waals surface area contributed by atoms with Crippen LogP contribution in [0.5, 0.6) is 0 Å². The van der Waals surface area contributed by atoms with Gasteiger partial charge in [0.15, 0.2) is 5.72 Å². The van der Waals surface area contributed by atoms with Gasteiger partial charge < -0.3 is 10.5 Å². The summed E-state index contributed by atoms with van der Waals surface area (Å²) in [6, 6.07) is 0. The van der Waals surface area contributed by atoms with E-state index < -0.39 is 5.72 Å². The molecular formula is C16H36N4O. The number of nitrogens with zero attached hydrogens (tertiary/aromatic N) is 3. The Morgan fingerprint density at radius 2 is 1.48 bits per heavy atom. The third-order valence-corrected chi connectivity index (χ3v) is 2.27. The fourth-order valence-corrected chi connectivity index (χ4v) is 2.25. The molecule has 0 saturated carbocycles. The number of nitrogens with one attached hydrogen (secondary N) is 1. The van der Waals surface area contributed by atoms with Gasteiger partial charge in [0, 0.05) is 26.2 Å². The van der Waals surface area contributed by atoms with Crippen LogP contribution in [-0.2, 0) is 0 Å². The van der Waals surface area contributed by atoms with E-state index in [4.69, 9.17) is 0 Å². The fourth-order valence-electron chi connectivity index (χ4n) is 2.25. The summed E-state index contributed by atoms with van der Waals surface area (Å²) < 4.78 is 0. The Balaban J connectivity index is 0. The lowest BCUT2D eigenvalue weighted by molar-refractivity contribution is 0.0208. The van der Waals surface area contributed by atoms with E-state index in [2.05, 4.69) is 62.3 Å². The van der Waals surface area contributed by atoms with Crippen molar-refractivity contribution >= 4 is 5.71 Å². The van der Waals surface area contributed by atoms with E-state index in [0.717, 1.165) is 12.1 Å². The molecule has 0 aromatic rings. The first kappa shape index (κ1) is 22.3. The molecule has 126 valence electrons. The average Bonchev–Trinajstić information content (AvgIpc) is 2.10. The fraction of sp³-hybridized carbons (Fsp3) is 0.938. The maximum Gasteiger partial charge on any atom is 0.173 e. The maximum atomic E-state index is 9.59. The maximum absolute atomic E-state index is 9.59. The van der Waals surface area contributed by atoms with Crippen LogP contribution in [0.3, 0.4) is 0 Å². The lowest BCUT2D eigenvalue weighted by Crippen LogP contribution is -2.27. The van der Waals surface area contributed by atoms with Crippen molar-refractivity contribution in [2.24, 2.45) is 26.2 Å². The van der Waals surface area contributed by atoms with Gasteiger partial charge in [-0.15, -0.1) is 0 Å². The first-order valence-electron chi connectivity index (χ1n) is 7.46. The molecule has 0 heterocycles. The predicted octanol–water partition coefficient (Wildman–Crippen LogP) is 4.23. The van der Waals surface area contributed by atoms with Crippen LogP contribution in [0, 0.1) is 10.8 Å². The van der Waals surface area contributed by atoms with Crippen molar-refractivity contribution < 1.29 is 5.11 Å². The van der Waals surface area contributed by atoms with E-state index in [0.29, 0.717) is 11.8 Å². The van der Waals surface area contributed by atoms with Gasteiger partial charge >= 0.3 is 0 Å². The van der Waals surface area contributed by atoms with Gasteiger partial charge in [-0.3, -0.25) is 0 Å². The number of hydrogen-bond donors (Lipinski definition) is 2. The molecule has 0 aliphatic rings. The topological polar surface area (TPSA) is 69.3 Å². The summed E-state index contributed by atoms with van der Waals surface area (Å²) in [5.74, 6) is 0. The van der Waals surface area contributed by atoms with E-state index in [1.165, 1.54) is 0 Å². The van der Waals surface area contributed by atoms with E-state index in [1.54, 1.807) is 14.0 Å². The van der Waals surface area contributed by atoms with Crippen molar-refractivity contribution in [1.29, 1.82) is 0 Å². The summed E-state index contributed by atoms with van der Waals surface area (Å²) in [5, 5.41) is 21.0. The van der Waals surface area contributed by atoms with Gasteiger partial charge in [0.05, 0.1) is 0 Å². The molecule has 0 amide bonds. The zero-order valence-corrected chi connectivity index (χ0v) is 15.7. The van der Waals surface area contributed by atoms with Crippen LogP contribution in [0.25, 0.3) is 0 Å². The van der Waals surface area contributed by atoms with Gasteiger partial charge in [-0.25, -0.2) is 0 Å². The Kier molecular flexibility index (Phi) is 9.70. The van der Waals surface area contributed by atoms with Crippen molar-refractivity contribution in [2.45, 2.75) is 74.0 Å². The van der Waals surface area contributed by atoms with Gasteiger partial charge in [-0.2, -0.15) is 15.3 Å². The molecule has 0 rings (SSSR count). The van der Waals surface area contributed by atoms with Gasteiger partial charge in [-0.05, 0) is 31.1 Å². The summed E-state index contributed by atoms with van der Waals surface area (Å²) in [6.45, 7) is 16.5. The molecule has 0 aromatic carbocycles. The number of aliphatic hydroxyl groups is 1. The Bertz CT molecular complexity index is 333. The minimum Gasteiger partial charge on any atom is -0.368 e. The molecule has 0 bridgehead atoms. The minimum absolute atomic E-state index is 0.0810. The zero-order valence-electron chi connectivity index (χ0n) is 15.7. The van der Waals surface area contributed by atoms with Gasteiger partial charge in [0.25, 0.3) is 0 Å². The predicted molar refractivity (Wildman–Crippen MR) is 91.7 cm³/mol.